The van der Waals surface area contributed by atoms with Gasteiger partial charge in [-0.1, -0.05) is 6.92 Å². The molecule has 0 saturated carbocycles. The van der Waals surface area contributed by atoms with E-state index >= 15 is 0 Å². The van der Waals surface area contributed by atoms with Crippen molar-refractivity contribution in [2.75, 3.05) is 30.7 Å². The van der Waals surface area contributed by atoms with E-state index in [1.807, 2.05) is 35.7 Å². The third-order valence-electron chi connectivity index (χ3n) is 2.91. The van der Waals surface area contributed by atoms with Crippen molar-refractivity contribution in [1.29, 1.82) is 0 Å². The van der Waals surface area contributed by atoms with Crippen LogP contribution in [0.5, 0.6) is 0 Å². The quantitative estimate of drug-likeness (QED) is 0.909. The average Bonchev–Trinajstić information content (AvgIpc) is 2.39. The monoisotopic (exact) mass is 265 g/mol. The molecule has 1 fully saturated rings. The van der Waals surface area contributed by atoms with Crippen molar-refractivity contribution in [3.8, 4) is 0 Å². The van der Waals surface area contributed by atoms with Crippen molar-refractivity contribution in [1.82, 2.24) is 9.88 Å². The molecule has 0 radical (unpaired) electrons. The highest BCUT2D eigenvalue weighted by Crippen LogP contribution is 2.21. The Balaban J connectivity index is 2.17. The van der Waals surface area contributed by atoms with Gasteiger partial charge in [0.15, 0.2) is 0 Å². The van der Waals surface area contributed by atoms with Gasteiger partial charge in [0.2, 0.25) is 0 Å². The zero-order chi connectivity index (χ0) is 13.0. The fourth-order valence-electron chi connectivity index (χ4n) is 2.06. The molecule has 2 heterocycles. The molecule has 1 aromatic rings. The van der Waals surface area contributed by atoms with Gasteiger partial charge in [-0.05, 0) is 19.1 Å². The molecule has 1 aliphatic heterocycles. The van der Waals surface area contributed by atoms with Crippen LogP contribution in [0.15, 0.2) is 18.3 Å². The lowest BCUT2D eigenvalue weighted by Crippen LogP contribution is -2.41. The van der Waals surface area contributed by atoms with E-state index in [0.29, 0.717) is 16.6 Å². The van der Waals surface area contributed by atoms with E-state index in [4.69, 9.17) is 0 Å². The zero-order valence-corrected chi connectivity index (χ0v) is 11.7. The highest BCUT2D eigenvalue weighted by molar-refractivity contribution is 7.99. The normalized spacial score (nSPS) is 19.7. The first-order chi connectivity index (χ1) is 8.72. The molecular formula is C13H19N3OS. The summed E-state index contributed by atoms with van der Waals surface area (Å²) in [6, 6.07) is 3.66. The Labute approximate surface area is 112 Å². The minimum absolute atomic E-state index is 0.0891. The molecule has 1 aromatic heterocycles. The summed E-state index contributed by atoms with van der Waals surface area (Å²) in [5.74, 6) is 1.80. The number of rotatable bonds is 3. The van der Waals surface area contributed by atoms with Crippen LogP contribution in [0.25, 0.3) is 0 Å². The summed E-state index contributed by atoms with van der Waals surface area (Å²) in [6.07, 6.45) is 1.71. The number of pyridine rings is 1. The largest absolute Gasteiger partial charge is 0.370 e. The van der Waals surface area contributed by atoms with Gasteiger partial charge in [-0.2, -0.15) is 11.8 Å². The van der Waals surface area contributed by atoms with Crippen LogP contribution in [-0.4, -0.2) is 46.4 Å². The molecular weight excluding hydrogens is 246 g/mol. The Morgan fingerprint density at radius 2 is 2.50 bits per heavy atom. The number of aromatic nitrogens is 1. The molecule has 5 heteroatoms. The van der Waals surface area contributed by atoms with Gasteiger partial charge in [0.1, 0.15) is 5.82 Å². The summed E-state index contributed by atoms with van der Waals surface area (Å²) < 4.78 is 0. The molecule has 1 amide bonds. The lowest BCUT2D eigenvalue weighted by Gasteiger charge is -2.31. The predicted octanol–water partition coefficient (Wildman–Crippen LogP) is 2.09. The number of hydrogen-bond acceptors (Lipinski definition) is 4. The van der Waals surface area contributed by atoms with E-state index < -0.39 is 0 Å². The van der Waals surface area contributed by atoms with E-state index in [9.17, 15) is 4.79 Å². The maximum absolute atomic E-state index is 12.5. The molecule has 1 saturated heterocycles. The highest BCUT2D eigenvalue weighted by Gasteiger charge is 2.24. The van der Waals surface area contributed by atoms with Crippen molar-refractivity contribution in [3.05, 3.63) is 23.9 Å². The molecule has 1 unspecified atom stereocenters. The van der Waals surface area contributed by atoms with Crippen LogP contribution in [0.2, 0.25) is 0 Å². The van der Waals surface area contributed by atoms with Crippen LogP contribution < -0.4 is 5.32 Å². The molecule has 1 aliphatic rings. The Bertz CT molecular complexity index is 424. The van der Waals surface area contributed by atoms with E-state index in [0.717, 1.165) is 25.4 Å². The Morgan fingerprint density at radius 1 is 1.67 bits per heavy atom. The SMILES string of the molecule is CCNc1ncccc1C(=O)N1CCSC(C)C1. The number of thioether (sulfide) groups is 1. The van der Waals surface area contributed by atoms with Crippen molar-refractivity contribution in [3.63, 3.8) is 0 Å². The number of anilines is 1. The summed E-state index contributed by atoms with van der Waals surface area (Å²) in [4.78, 5) is 18.6. The van der Waals surface area contributed by atoms with Crippen molar-refractivity contribution in [2.45, 2.75) is 19.1 Å². The van der Waals surface area contributed by atoms with Gasteiger partial charge >= 0.3 is 0 Å². The van der Waals surface area contributed by atoms with E-state index in [-0.39, 0.29) is 5.91 Å². The van der Waals surface area contributed by atoms with Gasteiger partial charge in [0, 0.05) is 36.8 Å². The molecule has 0 spiro atoms. The molecule has 4 nitrogen and oxygen atoms in total. The van der Waals surface area contributed by atoms with Crippen molar-refractivity contribution >= 4 is 23.5 Å². The molecule has 1 atom stereocenters. The summed E-state index contributed by atoms with van der Waals surface area (Å²) in [5.41, 5.74) is 0.679. The third kappa shape index (κ3) is 2.96. The zero-order valence-electron chi connectivity index (χ0n) is 10.8. The lowest BCUT2D eigenvalue weighted by molar-refractivity contribution is 0.0764. The number of carbonyl (C=O) groups is 1. The number of amides is 1. The molecule has 98 valence electrons. The first-order valence-corrected chi connectivity index (χ1v) is 7.37. The second-order valence-electron chi connectivity index (χ2n) is 4.36. The number of nitrogens with zero attached hydrogens (tertiary/aromatic N) is 2. The maximum atomic E-state index is 12.5. The van der Waals surface area contributed by atoms with Gasteiger partial charge < -0.3 is 10.2 Å². The van der Waals surface area contributed by atoms with Crippen molar-refractivity contribution in [2.24, 2.45) is 0 Å². The lowest BCUT2D eigenvalue weighted by atomic mass is 10.2. The maximum Gasteiger partial charge on any atom is 0.257 e. The minimum atomic E-state index is 0.0891. The number of hydrogen-bond donors (Lipinski definition) is 1. The van der Waals surface area contributed by atoms with Crippen LogP contribution in [-0.2, 0) is 0 Å². The van der Waals surface area contributed by atoms with E-state index in [2.05, 4.69) is 17.2 Å². The summed E-state index contributed by atoms with van der Waals surface area (Å²) in [7, 11) is 0. The highest BCUT2D eigenvalue weighted by atomic mass is 32.2. The average molecular weight is 265 g/mol. The summed E-state index contributed by atoms with van der Waals surface area (Å²) >= 11 is 1.92. The van der Waals surface area contributed by atoms with E-state index in [1.165, 1.54) is 0 Å². The Kier molecular flexibility index (Phi) is 4.47. The van der Waals surface area contributed by atoms with Gasteiger partial charge in [-0.3, -0.25) is 4.79 Å². The predicted molar refractivity (Wildman–Crippen MR) is 76.2 cm³/mol. The molecule has 0 aromatic carbocycles. The molecule has 2 rings (SSSR count). The number of nitrogens with one attached hydrogen (secondary N) is 1. The second kappa shape index (κ2) is 6.09. The van der Waals surface area contributed by atoms with Crippen LogP contribution in [0.4, 0.5) is 5.82 Å². The van der Waals surface area contributed by atoms with Gasteiger partial charge in [0.25, 0.3) is 5.91 Å². The number of carbonyl (C=O) groups excluding carboxylic acids is 1. The summed E-state index contributed by atoms with van der Waals surface area (Å²) in [5, 5.41) is 3.66. The summed E-state index contributed by atoms with van der Waals surface area (Å²) in [6.45, 7) is 6.59. The fraction of sp³-hybridized carbons (Fsp3) is 0.538. The smallest absolute Gasteiger partial charge is 0.257 e. The van der Waals surface area contributed by atoms with Gasteiger partial charge in [-0.15, -0.1) is 0 Å². The van der Waals surface area contributed by atoms with E-state index in [1.54, 1.807) is 6.20 Å². The molecule has 0 bridgehead atoms. The van der Waals surface area contributed by atoms with Gasteiger partial charge in [0.05, 0.1) is 5.56 Å². The molecule has 18 heavy (non-hydrogen) atoms. The molecule has 1 N–H and O–H groups in total. The van der Waals surface area contributed by atoms with Crippen LogP contribution in [0.1, 0.15) is 24.2 Å². The third-order valence-corrected chi connectivity index (χ3v) is 4.05. The Hall–Kier alpha value is -1.23. The van der Waals surface area contributed by atoms with Crippen LogP contribution >= 0.6 is 11.8 Å². The van der Waals surface area contributed by atoms with Crippen molar-refractivity contribution < 1.29 is 4.79 Å². The van der Waals surface area contributed by atoms with Crippen LogP contribution in [0, 0.1) is 0 Å². The first kappa shape index (κ1) is 13.2. The minimum Gasteiger partial charge on any atom is -0.370 e. The Morgan fingerprint density at radius 3 is 3.22 bits per heavy atom. The fourth-order valence-corrected chi connectivity index (χ4v) is 3.07. The first-order valence-electron chi connectivity index (χ1n) is 6.32. The standard InChI is InChI=1S/C13H19N3OS/c1-3-14-12-11(5-4-6-15-12)13(17)16-7-8-18-10(2)9-16/h4-6,10H,3,7-9H2,1-2H3,(H,14,15). The second-order valence-corrected chi connectivity index (χ2v) is 5.91. The topological polar surface area (TPSA) is 45.2 Å². The van der Waals surface area contributed by atoms with Crippen LogP contribution in [0.3, 0.4) is 0 Å². The van der Waals surface area contributed by atoms with Gasteiger partial charge in [-0.25, -0.2) is 4.98 Å². The molecule has 0 aliphatic carbocycles.